The summed E-state index contributed by atoms with van der Waals surface area (Å²) in [5.74, 6) is 0.00399. The monoisotopic (exact) mass is 219 g/mol. The van der Waals surface area contributed by atoms with Gasteiger partial charge in [0.2, 0.25) is 0 Å². The van der Waals surface area contributed by atoms with Crippen molar-refractivity contribution in [3.8, 4) is 11.8 Å². The molecule has 16 heavy (non-hydrogen) atoms. The van der Waals surface area contributed by atoms with Crippen LogP contribution in [0.25, 0.3) is 0 Å². The molecule has 0 unspecified atom stereocenters. The van der Waals surface area contributed by atoms with Crippen LogP contribution in [0.1, 0.15) is 19.4 Å². The third-order valence-electron chi connectivity index (χ3n) is 2.01. The molecule has 0 N–H and O–H groups in total. The maximum Gasteiger partial charge on any atom is 0.349 e. The van der Waals surface area contributed by atoms with Gasteiger partial charge in [0, 0.05) is 0 Å². The van der Waals surface area contributed by atoms with E-state index in [2.05, 4.69) is 4.74 Å². The van der Waals surface area contributed by atoms with E-state index in [1.807, 2.05) is 6.07 Å². The molecule has 0 aliphatic rings. The van der Waals surface area contributed by atoms with Crippen molar-refractivity contribution in [3.63, 3.8) is 0 Å². The Balaban J connectivity index is 2.88. The molecule has 1 aromatic carbocycles. The number of carbonyl (C=O) groups excluding carboxylic acids is 1. The summed E-state index contributed by atoms with van der Waals surface area (Å²) in [7, 11) is 1.30. The highest BCUT2D eigenvalue weighted by molar-refractivity contribution is 5.78. The standard InChI is InChI=1S/C12H13NO3/c1-12(2,11(14)15-3)16-10-6-4-5-9(7-10)8-13/h4-7H,1-3H3. The van der Waals surface area contributed by atoms with Gasteiger partial charge >= 0.3 is 5.97 Å². The lowest BCUT2D eigenvalue weighted by molar-refractivity contribution is -0.156. The first-order valence-electron chi connectivity index (χ1n) is 4.77. The van der Waals surface area contributed by atoms with E-state index in [1.165, 1.54) is 7.11 Å². The molecule has 0 bridgehead atoms. The van der Waals surface area contributed by atoms with Crippen LogP contribution in [0.4, 0.5) is 0 Å². The lowest BCUT2D eigenvalue weighted by Gasteiger charge is -2.23. The summed E-state index contributed by atoms with van der Waals surface area (Å²) >= 11 is 0. The van der Waals surface area contributed by atoms with Crippen LogP contribution in [0.2, 0.25) is 0 Å². The maximum atomic E-state index is 11.4. The van der Waals surface area contributed by atoms with E-state index < -0.39 is 11.6 Å². The second-order valence-electron chi connectivity index (χ2n) is 3.74. The van der Waals surface area contributed by atoms with Gasteiger partial charge in [0.25, 0.3) is 0 Å². The van der Waals surface area contributed by atoms with Gasteiger partial charge < -0.3 is 9.47 Å². The molecule has 0 aliphatic carbocycles. The minimum Gasteiger partial charge on any atom is -0.476 e. The molecule has 84 valence electrons. The zero-order chi connectivity index (χ0) is 12.2. The number of hydrogen-bond acceptors (Lipinski definition) is 4. The van der Waals surface area contributed by atoms with Crippen LogP contribution < -0.4 is 4.74 Å². The topological polar surface area (TPSA) is 59.3 Å². The van der Waals surface area contributed by atoms with E-state index in [1.54, 1.807) is 38.1 Å². The van der Waals surface area contributed by atoms with Crippen LogP contribution >= 0.6 is 0 Å². The van der Waals surface area contributed by atoms with Crippen molar-refractivity contribution in [1.82, 2.24) is 0 Å². The van der Waals surface area contributed by atoms with Gasteiger partial charge in [0.1, 0.15) is 5.75 Å². The first-order valence-corrected chi connectivity index (χ1v) is 4.77. The predicted octanol–water partition coefficient (Wildman–Crippen LogP) is 1.89. The van der Waals surface area contributed by atoms with E-state index >= 15 is 0 Å². The van der Waals surface area contributed by atoms with Crippen LogP contribution in [0.15, 0.2) is 24.3 Å². The van der Waals surface area contributed by atoms with Crippen molar-refractivity contribution in [2.45, 2.75) is 19.4 Å². The van der Waals surface area contributed by atoms with Crippen molar-refractivity contribution >= 4 is 5.97 Å². The molecule has 0 saturated carbocycles. The molecule has 1 aromatic rings. The molecule has 1 rings (SSSR count). The number of benzene rings is 1. The Kier molecular flexibility index (Phi) is 3.51. The van der Waals surface area contributed by atoms with Gasteiger partial charge in [-0.25, -0.2) is 4.79 Å². The van der Waals surface area contributed by atoms with Gasteiger partial charge in [0.15, 0.2) is 5.60 Å². The summed E-state index contributed by atoms with van der Waals surface area (Å²) in [5, 5.41) is 8.72. The van der Waals surface area contributed by atoms with E-state index in [4.69, 9.17) is 10.00 Å². The fourth-order valence-corrected chi connectivity index (χ4v) is 1.21. The Bertz CT molecular complexity index is 432. The van der Waals surface area contributed by atoms with Crippen molar-refractivity contribution in [3.05, 3.63) is 29.8 Å². The highest BCUT2D eigenvalue weighted by atomic mass is 16.6. The van der Waals surface area contributed by atoms with Crippen LogP contribution in [0.3, 0.4) is 0 Å². The molecule has 0 fully saturated rings. The van der Waals surface area contributed by atoms with Gasteiger partial charge in [-0.2, -0.15) is 5.26 Å². The van der Waals surface area contributed by atoms with E-state index in [9.17, 15) is 4.79 Å². The number of ether oxygens (including phenoxy) is 2. The fraction of sp³-hybridized carbons (Fsp3) is 0.333. The number of esters is 1. The minimum absolute atomic E-state index is 0.463. The summed E-state index contributed by atoms with van der Waals surface area (Å²) in [6.07, 6.45) is 0. The normalized spacial score (nSPS) is 10.4. The highest BCUT2D eigenvalue weighted by Gasteiger charge is 2.30. The van der Waals surface area contributed by atoms with E-state index in [0.29, 0.717) is 11.3 Å². The summed E-state index contributed by atoms with van der Waals surface area (Å²) < 4.78 is 10.1. The third kappa shape index (κ3) is 2.74. The zero-order valence-corrected chi connectivity index (χ0v) is 9.48. The second kappa shape index (κ2) is 4.67. The molecule has 0 aliphatic heterocycles. The quantitative estimate of drug-likeness (QED) is 0.728. The molecule has 4 nitrogen and oxygen atoms in total. The minimum atomic E-state index is -1.07. The molecule has 4 heteroatoms. The molecule has 0 saturated heterocycles. The van der Waals surface area contributed by atoms with E-state index in [0.717, 1.165) is 0 Å². The van der Waals surface area contributed by atoms with Crippen LogP contribution in [-0.2, 0) is 9.53 Å². The molecular formula is C12H13NO3. The van der Waals surface area contributed by atoms with Gasteiger partial charge in [-0.1, -0.05) is 6.07 Å². The lowest BCUT2D eigenvalue weighted by Crippen LogP contribution is -2.39. The Labute approximate surface area is 94.4 Å². The summed E-state index contributed by atoms with van der Waals surface area (Å²) in [6.45, 7) is 3.22. The maximum absolute atomic E-state index is 11.4. The van der Waals surface area contributed by atoms with Crippen LogP contribution in [-0.4, -0.2) is 18.7 Å². The second-order valence-corrected chi connectivity index (χ2v) is 3.74. The molecule has 0 atom stereocenters. The average molecular weight is 219 g/mol. The molecule has 0 heterocycles. The number of carbonyl (C=O) groups is 1. The molecule has 0 radical (unpaired) electrons. The number of hydrogen-bond donors (Lipinski definition) is 0. The first-order chi connectivity index (χ1) is 7.49. The number of nitrogens with zero attached hydrogens (tertiary/aromatic N) is 1. The molecule has 0 amide bonds. The number of nitriles is 1. The highest BCUT2D eigenvalue weighted by Crippen LogP contribution is 2.20. The predicted molar refractivity (Wildman–Crippen MR) is 57.9 cm³/mol. The Morgan fingerprint density at radius 3 is 2.69 bits per heavy atom. The summed E-state index contributed by atoms with van der Waals surface area (Å²) in [4.78, 5) is 11.4. The lowest BCUT2D eigenvalue weighted by atomic mass is 10.1. The third-order valence-corrected chi connectivity index (χ3v) is 2.01. The SMILES string of the molecule is COC(=O)C(C)(C)Oc1cccc(C#N)c1. The zero-order valence-electron chi connectivity index (χ0n) is 9.48. The molecule has 0 spiro atoms. The Morgan fingerprint density at radius 1 is 1.44 bits per heavy atom. The van der Waals surface area contributed by atoms with Gasteiger partial charge in [0.05, 0.1) is 18.7 Å². The van der Waals surface area contributed by atoms with Crippen molar-refractivity contribution < 1.29 is 14.3 Å². The summed E-state index contributed by atoms with van der Waals surface area (Å²) in [5.41, 5.74) is -0.582. The average Bonchev–Trinajstić information content (AvgIpc) is 2.27. The van der Waals surface area contributed by atoms with Gasteiger partial charge in [-0.05, 0) is 32.0 Å². The fourth-order valence-electron chi connectivity index (χ4n) is 1.21. The molecule has 0 aromatic heterocycles. The Morgan fingerprint density at radius 2 is 2.12 bits per heavy atom. The van der Waals surface area contributed by atoms with Crippen molar-refractivity contribution in [1.29, 1.82) is 5.26 Å². The Hall–Kier alpha value is -2.02. The van der Waals surface area contributed by atoms with Crippen molar-refractivity contribution in [2.75, 3.05) is 7.11 Å². The largest absolute Gasteiger partial charge is 0.476 e. The number of rotatable bonds is 3. The van der Waals surface area contributed by atoms with E-state index in [-0.39, 0.29) is 0 Å². The summed E-state index contributed by atoms with van der Waals surface area (Å²) in [6, 6.07) is 8.62. The van der Waals surface area contributed by atoms with Gasteiger partial charge in [-0.15, -0.1) is 0 Å². The smallest absolute Gasteiger partial charge is 0.349 e. The van der Waals surface area contributed by atoms with Crippen LogP contribution in [0, 0.1) is 11.3 Å². The van der Waals surface area contributed by atoms with Crippen LogP contribution in [0.5, 0.6) is 5.75 Å². The number of methoxy groups -OCH3 is 1. The van der Waals surface area contributed by atoms with Crippen molar-refractivity contribution in [2.24, 2.45) is 0 Å². The van der Waals surface area contributed by atoms with Gasteiger partial charge in [-0.3, -0.25) is 0 Å². The first kappa shape index (κ1) is 12.1. The molecular weight excluding hydrogens is 206 g/mol.